The van der Waals surface area contributed by atoms with Crippen molar-refractivity contribution >= 4 is 17.4 Å². The van der Waals surface area contributed by atoms with Gasteiger partial charge in [-0.3, -0.25) is 9.59 Å². The van der Waals surface area contributed by atoms with Crippen molar-refractivity contribution in [3.05, 3.63) is 53.6 Å². The van der Waals surface area contributed by atoms with Crippen LogP contribution in [-0.2, 0) is 10.4 Å². The number of fused-ring (bicyclic) bond motifs is 2. The van der Waals surface area contributed by atoms with E-state index in [0.29, 0.717) is 48.1 Å². The lowest BCUT2D eigenvalue weighted by molar-refractivity contribution is -0.135. The third-order valence-corrected chi connectivity index (χ3v) is 4.84. The first-order chi connectivity index (χ1) is 12.5. The molecule has 2 aromatic rings. The lowest BCUT2D eigenvalue weighted by Gasteiger charge is -2.23. The Labute approximate surface area is 151 Å². The molecule has 0 saturated carbocycles. The Hall–Kier alpha value is -2.86. The second kappa shape index (κ2) is 6.14. The Bertz CT molecular complexity index is 894. The number of anilines is 1. The highest BCUT2D eigenvalue weighted by Gasteiger charge is 2.50. The minimum Gasteiger partial charge on any atom is -0.486 e. The molecule has 0 bridgehead atoms. The van der Waals surface area contributed by atoms with E-state index in [1.807, 2.05) is 13.0 Å². The summed E-state index contributed by atoms with van der Waals surface area (Å²) in [5.41, 5.74) is -0.352. The number of carbonyl (C=O) groups excluding carboxylic acids is 2. The first-order valence-corrected chi connectivity index (χ1v) is 8.61. The van der Waals surface area contributed by atoms with Gasteiger partial charge in [0, 0.05) is 17.7 Å². The van der Waals surface area contributed by atoms with E-state index in [0.717, 1.165) is 0 Å². The Morgan fingerprint density at radius 2 is 1.88 bits per heavy atom. The summed E-state index contributed by atoms with van der Waals surface area (Å²) >= 11 is 0. The summed E-state index contributed by atoms with van der Waals surface area (Å²) in [5.74, 6) is 0.297. The molecule has 0 fully saturated rings. The molecule has 6 heteroatoms. The standard InChI is InChI=1S/C20H19NO5/c1-2-21-15-6-4-3-5-14(15)20(24,19(21)23)12-16(22)13-7-8-17-18(11-13)26-10-9-25-17/h3-8,11,24H,2,9-10,12H2,1H3/t20-/m1/s1. The summed E-state index contributed by atoms with van der Waals surface area (Å²) in [5, 5.41) is 11.1. The highest BCUT2D eigenvalue weighted by molar-refractivity contribution is 6.10. The molecule has 1 N–H and O–H groups in total. The van der Waals surface area contributed by atoms with Gasteiger partial charge in [-0.25, -0.2) is 0 Å². The summed E-state index contributed by atoms with van der Waals surface area (Å²) in [4.78, 5) is 27.1. The topological polar surface area (TPSA) is 76.1 Å². The number of benzene rings is 2. The maximum atomic E-state index is 12.8. The van der Waals surface area contributed by atoms with Gasteiger partial charge in [-0.15, -0.1) is 0 Å². The number of nitrogens with zero attached hydrogens (tertiary/aromatic N) is 1. The normalized spacial score (nSPS) is 20.8. The number of carbonyl (C=O) groups is 2. The van der Waals surface area contributed by atoms with Gasteiger partial charge in [-0.1, -0.05) is 18.2 Å². The summed E-state index contributed by atoms with van der Waals surface area (Å²) in [6.07, 6.45) is -0.320. The third kappa shape index (κ3) is 2.45. The molecule has 0 saturated heterocycles. The fourth-order valence-electron chi connectivity index (χ4n) is 3.54. The average molecular weight is 353 g/mol. The number of rotatable bonds is 4. The predicted molar refractivity (Wildman–Crippen MR) is 94.7 cm³/mol. The van der Waals surface area contributed by atoms with E-state index < -0.39 is 11.5 Å². The Kier molecular flexibility index (Phi) is 3.92. The van der Waals surface area contributed by atoms with Crippen LogP contribution < -0.4 is 14.4 Å². The molecule has 0 unspecified atom stereocenters. The number of para-hydroxylation sites is 1. The SMILES string of the molecule is CCN1C(=O)[C@@](O)(CC(=O)c2ccc3c(c2)OCCO3)c2ccccc21. The summed E-state index contributed by atoms with van der Waals surface area (Å²) < 4.78 is 11.0. The van der Waals surface area contributed by atoms with Crippen LogP contribution >= 0.6 is 0 Å². The molecular formula is C20H19NO5. The van der Waals surface area contributed by atoms with Crippen LogP contribution in [0.3, 0.4) is 0 Å². The maximum absolute atomic E-state index is 12.8. The van der Waals surface area contributed by atoms with Gasteiger partial charge in [0.2, 0.25) is 0 Å². The fraction of sp³-hybridized carbons (Fsp3) is 0.300. The van der Waals surface area contributed by atoms with Crippen LogP contribution in [0.5, 0.6) is 11.5 Å². The van der Waals surface area contributed by atoms with Crippen molar-refractivity contribution in [2.75, 3.05) is 24.7 Å². The van der Waals surface area contributed by atoms with Gasteiger partial charge in [0.25, 0.3) is 5.91 Å². The molecule has 2 aromatic carbocycles. The lowest BCUT2D eigenvalue weighted by Crippen LogP contribution is -2.41. The minimum atomic E-state index is -1.85. The molecule has 1 amide bonds. The third-order valence-electron chi connectivity index (χ3n) is 4.84. The van der Waals surface area contributed by atoms with Gasteiger partial charge < -0.3 is 19.5 Å². The van der Waals surface area contributed by atoms with Crippen LogP contribution in [0.4, 0.5) is 5.69 Å². The monoisotopic (exact) mass is 353 g/mol. The zero-order chi connectivity index (χ0) is 18.3. The number of hydrogen-bond donors (Lipinski definition) is 1. The van der Waals surface area contributed by atoms with Crippen molar-refractivity contribution in [3.8, 4) is 11.5 Å². The van der Waals surface area contributed by atoms with Crippen LogP contribution in [0, 0.1) is 0 Å². The van der Waals surface area contributed by atoms with Gasteiger partial charge in [0.1, 0.15) is 13.2 Å². The molecule has 2 heterocycles. The van der Waals surface area contributed by atoms with E-state index >= 15 is 0 Å². The highest BCUT2D eigenvalue weighted by atomic mass is 16.6. The Balaban J connectivity index is 1.66. The smallest absolute Gasteiger partial charge is 0.264 e. The van der Waals surface area contributed by atoms with Crippen molar-refractivity contribution < 1.29 is 24.2 Å². The number of ether oxygens (including phenoxy) is 2. The van der Waals surface area contributed by atoms with Gasteiger partial charge in [-0.2, -0.15) is 0 Å². The van der Waals surface area contributed by atoms with Crippen molar-refractivity contribution in [2.45, 2.75) is 18.9 Å². The fourth-order valence-corrected chi connectivity index (χ4v) is 3.54. The average Bonchev–Trinajstić information content (AvgIpc) is 2.88. The molecule has 0 spiro atoms. The predicted octanol–water partition coefficient (Wildman–Crippen LogP) is 2.28. The van der Waals surface area contributed by atoms with E-state index in [1.165, 1.54) is 4.90 Å². The van der Waals surface area contributed by atoms with E-state index in [-0.39, 0.29) is 12.2 Å². The second-order valence-electron chi connectivity index (χ2n) is 6.39. The summed E-state index contributed by atoms with van der Waals surface area (Å²) in [7, 11) is 0. The highest BCUT2D eigenvalue weighted by Crippen LogP contribution is 2.43. The molecule has 134 valence electrons. The van der Waals surface area contributed by atoms with Crippen LogP contribution in [0.1, 0.15) is 29.3 Å². The molecule has 6 nitrogen and oxygen atoms in total. The number of likely N-dealkylation sites (N-methyl/N-ethyl adjacent to an activating group) is 1. The number of Topliss-reactive ketones (excluding diaryl/α,β-unsaturated/α-hetero) is 1. The molecule has 4 rings (SSSR count). The quantitative estimate of drug-likeness (QED) is 0.854. The number of amides is 1. The van der Waals surface area contributed by atoms with E-state index in [1.54, 1.807) is 36.4 Å². The number of aliphatic hydroxyl groups is 1. The first-order valence-electron chi connectivity index (χ1n) is 8.61. The van der Waals surface area contributed by atoms with Crippen LogP contribution in [0.2, 0.25) is 0 Å². The number of hydrogen-bond acceptors (Lipinski definition) is 5. The zero-order valence-electron chi connectivity index (χ0n) is 14.4. The van der Waals surface area contributed by atoms with Gasteiger partial charge in [0.05, 0.1) is 12.1 Å². The van der Waals surface area contributed by atoms with Crippen molar-refractivity contribution in [1.82, 2.24) is 0 Å². The first kappa shape index (κ1) is 16.6. The molecule has 26 heavy (non-hydrogen) atoms. The van der Waals surface area contributed by atoms with E-state index in [2.05, 4.69) is 0 Å². The molecule has 0 radical (unpaired) electrons. The summed E-state index contributed by atoms with van der Waals surface area (Å²) in [6.45, 7) is 3.16. The molecule has 2 aliphatic heterocycles. The van der Waals surface area contributed by atoms with E-state index in [4.69, 9.17) is 9.47 Å². The summed E-state index contributed by atoms with van der Waals surface area (Å²) in [6, 6.07) is 11.9. The molecule has 0 aromatic heterocycles. The van der Waals surface area contributed by atoms with Gasteiger partial charge in [-0.05, 0) is 31.2 Å². The van der Waals surface area contributed by atoms with E-state index in [9.17, 15) is 14.7 Å². The van der Waals surface area contributed by atoms with Crippen molar-refractivity contribution in [1.29, 1.82) is 0 Å². The largest absolute Gasteiger partial charge is 0.486 e. The van der Waals surface area contributed by atoms with Crippen molar-refractivity contribution in [2.24, 2.45) is 0 Å². The minimum absolute atomic E-state index is 0.320. The molecular weight excluding hydrogens is 334 g/mol. The Morgan fingerprint density at radius 3 is 2.65 bits per heavy atom. The van der Waals surface area contributed by atoms with Crippen LogP contribution in [-0.4, -0.2) is 36.6 Å². The molecule has 1 atom stereocenters. The van der Waals surface area contributed by atoms with Crippen LogP contribution in [0.25, 0.3) is 0 Å². The van der Waals surface area contributed by atoms with Crippen LogP contribution in [0.15, 0.2) is 42.5 Å². The zero-order valence-corrected chi connectivity index (χ0v) is 14.4. The van der Waals surface area contributed by atoms with Crippen molar-refractivity contribution in [3.63, 3.8) is 0 Å². The van der Waals surface area contributed by atoms with Gasteiger partial charge in [0.15, 0.2) is 22.9 Å². The molecule has 0 aliphatic carbocycles. The van der Waals surface area contributed by atoms with Gasteiger partial charge >= 0.3 is 0 Å². The molecule has 2 aliphatic rings. The lowest BCUT2D eigenvalue weighted by atomic mass is 9.88. The Morgan fingerprint density at radius 1 is 1.15 bits per heavy atom. The maximum Gasteiger partial charge on any atom is 0.264 e. The number of ketones is 1. The second-order valence-corrected chi connectivity index (χ2v) is 6.39.